The third-order valence-corrected chi connectivity index (χ3v) is 4.11. The van der Waals surface area contributed by atoms with Crippen molar-refractivity contribution in [1.29, 1.82) is 0 Å². The lowest BCUT2D eigenvalue weighted by Crippen LogP contribution is -2.00. The number of rotatable bonds is 5. The number of nitrogens with zero attached hydrogens (tertiary/aromatic N) is 3. The molecule has 7 nitrogen and oxygen atoms in total. The molecule has 0 unspecified atom stereocenters. The lowest BCUT2D eigenvalue weighted by atomic mass is 10.1. The molecule has 0 fully saturated rings. The van der Waals surface area contributed by atoms with E-state index >= 15 is 0 Å². The third-order valence-electron chi connectivity index (χ3n) is 4.11. The summed E-state index contributed by atoms with van der Waals surface area (Å²) in [4.78, 5) is 13.5. The normalized spacial score (nSPS) is 10.1. The number of para-hydroxylation sites is 1. The van der Waals surface area contributed by atoms with Crippen molar-refractivity contribution in [3.63, 3.8) is 0 Å². The molecule has 0 amide bonds. The standard InChI is InChI=1S/C22H19N5O.H3N/c1-24-21-9-5-8-18(25-21)22-26-19(14-20(23)27-22)15-10-12-17(13-11-15)28-16-6-3-2-4-7-16;/h2-14H,1H3,(H,24,25)(H2,23,26,27);1H3. The second-order valence-electron chi connectivity index (χ2n) is 6.10. The van der Waals surface area contributed by atoms with Gasteiger partial charge in [0.2, 0.25) is 0 Å². The van der Waals surface area contributed by atoms with Gasteiger partial charge in [-0.15, -0.1) is 0 Å². The highest BCUT2D eigenvalue weighted by molar-refractivity contribution is 5.66. The minimum atomic E-state index is 0. The summed E-state index contributed by atoms with van der Waals surface area (Å²) in [5, 5.41) is 3.01. The van der Waals surface area contributed by atoms with Crippen LogP contribution >= 0.6 is 0 Å². The minimum Gasteiger partial charge on any atom is -0.457 e. The molecule has 0 saturated carbocycles. The van der Waals surface area contributed by atoms with E-state index in [9.17, 15) is 0 Å². The van der Waals surface area contributed by atoms with Crippen LogP contribution in [0.25, 0.3) is 22.8 Å². The number of hydrogen-bond donors (Lipinski definition) is 3. The van der Waals surface area contributed by atoms with Gasteiger partial charge in [0, 0.05) is 18.7 Å². The van der Waals surface area contributed by atoms with Gasteiger partial charge in [0.15, 0.2) is 5.82 Å². The van der Waals surface area contributed by atoms with Gasteiger partial charge in [0.05, 0.1) is 5.69 Å². The predicted molar refractivity (Wildman–Crippen MR) is 116 cm³/mol. The van der Waals surface area contributed by atoms with Crippen LogP contribution in [0.4, 0.5) is 11.6 Å². The fraction of sp³-hybridized carbons (Fsp3) is 0.0455. The number of nitrogen functional groups attached to an aromatic ring is 1. The maximum absolute atomic E-state index is 6.02. The Hall–Kier alpha value is -3.97. The van der Waals surface area contributed by atoms with Crippen LogP contribution in [0.2, 0.25) is 0 Å². The molecule has 0 aliphatic carbocycles. The Labute approximate surface area is 169 Å². The van der Waals surface area contributed by atoms with Crippen molar-refractivity contribution in [1.82, 2.24) is 21.1 Å². The monoisotopic (exact) mass is 386 g/mol. The van der Waals surface area contributed by atoms with E-state index in [1.807, 2.05) is 79.8 Å². The van der Waals surface area contributed by atoms with Gasteiger partial charge >= 0.3 is 0 Å². The lowest BCUT2D eigenvalue weighted by Gasteiger charge is -2.09. The van der Waals surface area contributed by atoms with Gasteiger partial charge < -0.3 is 21.9 Å². The number of hydrogen-bond acceptors (Lipinski definition) is 7. The van der Waals surface area contributed by atoms with Crippen molar-refractivity contribution in [2.45, 2.75) is 0 Å². The molecule has 0 bridgehead atoms. The quantitative estimate of drug-likeness (QED) is 0.451. The molecule has 2 heterocycles. The summed E-state index contributed by atoms with van der Waals surface area (Å²) in [5.41, 5.74) is 8.32. The molecule has 7 heteroatoms. The highest BCUT2D eigenvalue weighted by atomic mass is 16.5. The molecule has 146 valence electrons. The molecule has 0 aliphatic rings. The fourth-order valence-corrected chi connectivity index (χ4v) is 2.75. The first-order valence-corrected chi connectivity index (χ1v) is 8.84. The number of pyridine rings is 1. The second-order valence-corrected chi connectivity index (χ2v) is 6.10. The molecule has 2 aromatic carbocycles. The summed E-state index contributed by atoms with van der Waals surface area (Å²) in [6, 6.07) is 24.7. The summed E-state index contributed by atoms with van der Waals surface area (Å²) in [5.74, 6) is 3.16. The second kappa shape index (κ2) is 8.81. The molecule has 0 aliphatic heterocycles. The van der Waals surface area contributed by atoms with Gasteiger partial charge in [-0.1, -0.05) is 24.3 Å². The van der Waals surface area contributed by atoms with E-state index in [1.54, 1.807) is 6.07 Å². The van der Waals surface area contributed by atoms with E-state index in [1.165, 1.54) is 0 Å². The van der Waals surface area contributed by atoms with Crippen molar-refractivity contribution >= 4 is 11.6 Å². The highest BCUT2D eigenvalue weighted by Crippen LogP contribution is 2.27. The Morgan fingerprint density at radius 3 is 2.21 bits per heavy atom. The van der Waals surface area contributed by atoms with Crippen LogP contribution in [-0.2, 0) is 0 Å². The molecular formula is C22H22N6O. The molecule has 4 aromatic rings. The molecule has 6 N–H and O–H groups in total. The summed E-state index contributed by atoms with van der Waals surface area (Å²) >= 11 is 0. The number of aromatic nitrogens is 3. The van der Waals surface area contributed by atoms with Gasteiger partial charge in [-0.05, 0) is 48.5 Å². The predicted octanol–water partition coefficient (Wildman–Crippen LogP) is 4.78. The van der Waals surface area contributed by atoms with Gasteiger partial charge in [-0.3, -0.25) is 0 Å². The van der Waals surface area contributed by atoms with Crippen molar-refractivity contribution in [3.05, 3.63) is 78.9 Å². The van der Waals surface area contributed by atoms with E-state index in [2.05, 4.69) is 20.3 Å². The maximum Gasteiger partial charge on any atom is 0.180 e. The molecule has 2 aromatic heterocycles. The maximum atomic E-state index is 6.02. The Balaban J connectivity index is 0.00000240. The minimum absolute atomic E-state index is 0. The Morgan fingerprint density at radius 2 is 1.48 bits per heavy atom. The SMILES string of the molecule is CNc1cccc(-c2nc(N)cc(-c3ccc(Oc4ccccc4)cc3)n2)n1.N. The van der Waals surface area contributed by atoms with Crippen LogP contribution in [-0.4, -0.2) is 22.0 Å². The molecule has 0 saturated heterocycles. The number of anilines is 2. The summed E-state index contributed by atoms with van der Waals surface area (Å²) < 4.78 is 5.84. The number of benzene rings is 2. The number of nitrogens with two attached hydrogens (primary N) is 1. The summed E-state index contributed by atoms with van der Waals surface area (Å²) in [6.07, 6.45) is 0. The zero-order valence-corrected chi connectivity index (χ0v) is 16.0. The molecule has 0 atom stereocenters. The van der Waals surface area contributed by atoms with Crippen LogP contribution in [0.1, 0.15) is 0 Å². The first kappa shape index (κ1) is 19.8. The average Bonchev–Trinajstić information content (AvgIpc) is 2.74. The summed E-state index contributed by atoms with van der Waals surface area (Å²) in [6.45, 7) is 0. The zero-order valence-electron chi connectivity index (χ0n) is 16.0. The molecule has 0 radical (unpaired) electrons. The fourth-order valence-electron chi connectivity index (χ4n) is 2.75. The van der Waals surface area contributed by atoms with Gasteiger partial charge in [-0.2, -0.15) is 0 Å². The summed E-state index contributed by atoms with van der Waals surface area (Å²) in [7, 11) is 1.82. The lowest BCUT2D eigenvalue weighted by molar-refractivity contribution is 0.483. The van der Waals surface area contributed by atoms with Crippen molar-refractivity contribution < 1.29 is 4.74 Å². The topological polar surface area (TPSA) is 121 Å². The number of nitrogens with one attached hydrogen (secondary N) is 1. The molecule has 4 rings (SSSR count). The molecule has 0 spiro atoms. The molecule has 29 heavy (non-hydrogen) atoms. The van der Waals surface area contributed by atoms with Crippen LogP contribution in [0.15, 0.2) is 78.9 Å². The van der Waals surface area contributed by atoms with Crippen LogP contribution in [0.5, 0.6) is 11.5 Å². The van der Waals surface area contributed by atoms with E-state index in [0.717, 1.165) is 28.6 Å². The molecular weight excluding hydrogens is 364 g/mol. The third kappa shape index (κ3) is 4.66. The smallest absolute Gasteiger partial charge is 0.180 e. The van der Waals surface area contributed by atoms with E-state index in [-0.39, 0.29) is 6.15 Å². The van der Waals surface area contributed by atoms with Crippen molar-refractivity contribution in [3.8, 4) is 34.3 Å². The highest BCUT2D eigenvalue weighted by Gasteiger charge is 2.09. The van der Waals surface area contributed by atoms with Crippen LogP contribution < -0.4 is 21.9 Å². The van der Waals surface area contributed by atoms with Gasteiger partial charge in [0.1, 0.15) is 28.8 Å². The first-order chi connectivity index (χ1) is 13.7. The Kier molecular flexibility index (Phi) is 6.01. The van der Waals surface area contributed by atoms with E-state index < -0.39 is 0 Å². The van der Waals surface area contributed by atoms with Gasteiger partial charge in [0.25, 0.3) is 0 Å². The van der Waals surface area contributed by atoms with E-state index in [0.29, 0.717) is 17.3 Å². The van der Waals surface area contributed by atoms with Crippen molar-refractivity contribution in [2.24, 2.45) is 0 Å². The van der Waals surface area contributed by atoms with Crippen LogP contribution in [0, 0.1) is 0 Å². The largest absolute Gasteiger partial charge is 0.457 e. The zero-order chi connectivity index (χ0) is 19.3. The average molecular weight is 386 g/mol. The van der Waals surface area contributed by atoms with E-state index in [4.69, 9.17) is 10.5 Å². The Bertz CT molecular complexity index is 1080. The number of ether oxygens (including phenoxy) is 1. The first-order valence-electron chi connectivity index (χ1n) is 8.84. The Morgan fingerprint density at radius 1 is 0.759 bits per heavy atom. The van der Waals surface area contributed by atoms with Crippen molar-refractivity contribution in [2.75, 3.05) is 18.1 Å². The van der Waals surface area contributed by atoms with Gasteiger partial charge in [-0.25, -0.2) is 15.0 Å². The van der Waals surface area contributed by atoms with Crippen LogP contribution in [0.3, 0.4) is 0 Å².